The fourth-order valence-corrected chi connectivity index (χ4v) is 5.02. The topological polar surface area (TPSA) is 63.6 Å². The Morgan fingerprint density at radius 1 is 1.07 bits per heavy atom. The van der Waals surface area contributed by atoms with Crippen LogP contribution in [0.5, 0.6) is 5.75 Å². The quantitative estimate of drug-likeness (QED) is 0.570. The molecule has 0 amide bonds. The maximum atomic E-state index is 11.6. The molecule has 0 atom stereocenters. The van der Waals surface area contributed by atoms with Crippen molar-refractivity contribution in [1.82, 2.24) is 0 Å². The lowest BCUT2D eigenvalue weighted by Crippen LogP contribution is -2.24. The lowest BCUT2D eigenvalue weighted by Gasteiger charge is -2.29. The number of carboxylic acid groups (broad SMARTS) is 1. The highest BCUT2D eigenvalue weighted by molar-refractivity contribution is 5.79. The van der Waals surface area contributed by atoms with E-state index in [-0.39, 0.29) is 5.92 Å². The number of carboxylic acids is 1. The minimum Gasteiger partial charge on any atom is -0.493 e. The van der Waals surface area contributed by atoms with Gasteiger partial charge < -0.3 is 9.84 Å². The maximum Gasteiger partial charge on any atom is 0.306 e. The molecule has 4 nitrogen and oxygen atoms in total. The number of aldehydes is 1. The Hall–Kier alpha value is -1.84. The van der Waals surface area contributed by atoms with Gasteiger partial charge in [0, 0.05) is 0 Å². The first-order valence-electron chi connectivity index (χ1n) is 11.0. The molecule has 154 valence electrons. The monoisotopic (exact) mass is 386 g/mol. The van der Waals surface area contributed by atoms with Crippen LogP contribution in [0.15, 0.2) is 18.2 Å². The van der Waals surface area contributed by atoms with Gasteiger partial charge in [0.25, 0.3) is 0 Å². The van der Waals surface area contributed by atoms with Crippen LogP contribution >= 0.6 is 0 Å². The van der Waals surface area contributed by atoms with E-state index in [0.29, 0.717) is 29.8 Å². The van der Waals surface area contributed by atoms with E-state index in [2.05, 4.69) is 13.0 Å². The summed E-state index contributed by atoms with van der Waals surface area (Å²) in [6, 6.07) is 6.11. The average molecular weight is 387 g/mol. The van der Waals surface area contributed by atoms with Gasteiger partial charge >= 0.3 is 5.97 Å². The number of ether oxygens (including phenoxy) is 1. The number of aliphatic carboxylic acids is 1. The maximum absolute atomic E-state index is 11.6. The van der Waals surface area contributed by atoms with E-state index in [1.54, 1.807) is 0 Å². The van der Waals surface area contributed by atoms with Crippen LogP contribution in [0.4, 0.5) is 0 Å². The molecule has 2 fully saturated rings. The van der Waals surface area contributed by atoms with E-state index < -0.39 is 5.97 Å². The average Bonchev–Trinajstić information content (AvgIpc) is 2.73. The zero-order valence-electron chi connectivity index (χ0n) is 17.1. The molecule has 0 aromatic heterocycles. The molecule has 2 aliphatic rings. The van der Waals surface area contributed by atoms with Crippen LogP contribution in [0.25, 0.3) is 0 Å². The third kappa shape index (κ3) is 5.36. The number of benzene rings is 1. The summed E-state index contributed by atoms with van der Waals surface area (Å²) >= 11 is 0. The molecule has 0 bridgehead atoms. The third-order valence-electron chi connectivity index (χ3n) is 6.85. The minimum absolute atomic E-state index is 0.200. The molecule has 0 spiro atoms. The SMILES string of the molecule is CCCC1CCC(c2ccc(OCC3CCC(C(=O)O)CC3)c(C=O)c2)CC1. The smallest absolute Gasteiger partial charge is 0.306 e. The zero-order chi connectivity index (χ0) is 19.9. The standard InChI is InChI=1S/C24H34O4/c1-2-3-17-4-8-19(9-5-17)21-12-13-23(22(14-21)15-25)28-16-18-6-10-20(11-7-18)24(26)27/h12-15,17-20H,2-11,16H2,1H3,(H,26,27). The Morgan fingerprint density at radius 3 is 2.36 bits per heavy atom. The van der Waals surface area contributed by atoms with E-state index in [9.17, 15) is 9.59 Å². The predicted octanol–water partition coefficient (Wildman–Crippen LogP) is 5.84. The summed E-state index contributed by atoms with van der Waals surface area (Å²) in [4.78, 5) is 22.7. The molecule has 0 aliphatic heterocycles. The van der Waals surface area contributed by atoms with Gasteiger partial charge in [-0.2, -0.15) is 0 Å². The molecule has 1 N–H and O–H groups in total. The van der Waals surface area contributed by atoms with Gasteiger partial charge in [-0.25, -0.2) is 0 Å². The molecule has 28 heavy (non-hydrogen) atoms. The van der Waals surface area contributed by atoms with Gasteiger partial charge in [-0.15, -0.1) is 0 Å². The summed E-state index contributed by atoms with van der Waals surface area (Å²) in [5, 5.41) is 9.11. The Labute approximate surface area is 168 Å². The van der Waals surface area contributed by atoms with Crippen molar-refractivity contribution in [2.75, 3.05) is 6.61 Å². The van der Waals surface area contributed by atoms with Gasteiger partial charge in [-0.1, -0.05) is 25.8 Å². The van der Waals surface area contributed by atoms with Crippen LogP contribution in [0.1, 0.15) is 93.0 Å². The Morgan fingerprint density at radius 2 is 1.75 bits per heavy atom. The molecule has 1 aromatic rings. The number of carbonyl (C=O) groups excluding carboxylic acids is 1. The molecule has 0 heterocycles. The van der Waals surface area contributed by atoms with Crippen molar-refractivity contribution in [2.45, 2.75) is 77.0 Å². The largest absolute Gasteiger partial charge is 0.493 e. The molecule has 0 saturated heterocycles. The second-order valence-corrected chi connectivity index (χ2v) is 8.79. The van der Waals surface area contributed by atoms with Crippen LogP contribution in [-0.2, 0) is 4.79 Å². The van der Waals surface area contributed by atoms with Gasteiger partial charge in [0.15, 0.2) is 6.29 Å². The number of carbonyl (C=O) groups is 2. The zero-order valence-corrected chi connectivity index (χ0v) is 17.1. The first-order chi connectivity index (χ1) is 13.6. The summed E-state index contributed by atoms with van der Waals surface area (Å²) in [5.41, 5.74) is 1.92. The highest BCUT2D eigenvalue weighted by atomic mass is 16.5. The lowest BCUT2D eigenvalue weighted by atomic mass is 9.77. The van der Waals surface area contributed by atoms with Gasteiger partial charge in [0.1, 0.15) is 5.75 Å². The Bertz CT molecular complexity index is 653. The molecule has 2 saturated carbocycles. The van der Waals surface area contributed by atoms with E-state index in [1.807, 2.05) is 12.1 Å². The van der Waals surface area contributed by atoms with E-state index in [0.717, 1.165) is 37.9 Å². The second kappa shape index (κ2) is 10.1. The molecule has 4 heteroatoms. The van der Waals surface area contributed by atoms with Crippen LogP contribution in [0, 0.1) is 17.8 Å². The molecule has 0 radical (unpaired) electrons. The minimum atomic E-state index is -0.679. The van der Waals surface area contributed by atoms with Crippen molar-refractivity contribution >= 4 is 12.3 Å². The summed E-state index contributed by atoms with van der Waals surface area (Å²) in [5.74, 6) is 1.61. The van der Waals surface area contributed by atoms with Crippen molar-refractivity contribution in [1.29, 1.82) is 0 Å². The summed E-state index contributed by atoms with van der Waals surface area (Å²) in [6.45, 7) is 2.83. The summed E-state index contributed by atoms with van der Waals surface area (Å²) in [7, 11) is 0. The summed E-state index contributed by atoms with van der Waals surface area (Å²) < 4.78 is 5.98. The van der Waals surface area contributed by atoms with Crippen LogP contribution in [0.2, 0.25) is 0 Å². The molecule has 0 unspecified atom stereocenters. The van der Waals surface area contributed by atoms with E-state index >= 15 is 0 Å². The number of hydrogen-bond donors (Lipinski definition) is 1. The van der Waals surface area contributed by atoms with Gasteiger partial charge in [0.2, 0.25) is 0 Å². The second-order valence-electron chi connectivity index (χ2n) is 8.79. The van der Waals surface area contributed by atoms with Gasteiger partial charge in [-0.05, 0) is 86.8 Å². The molecular weight excluding hydrogens is 352 g/mol. The fraction of sp³-hybridized carbons (Fsp3) is 0.667. The predicted molar refractivity (Wildman–Crippen MR) is 110 cm³/mol. The van der Waals surface area contributed by atoms with Crippen molar-refractivity contribution in [2.24, 2.45) is 17.8 Å². The highest BCUT2D eigenvalue weighted by Crippen LogP contribution is 2.38. The summed E-state index contributed by atoms with van der Waals surface area (Å²) in [6.07, 6.45) is 11.8. The first-order valence-corrected chi connectivity index (χ1v) is 11.0. The van der Waals surface area contributed by atoms with Crippen LogP contribution < -0.4 is 4.74 Å². The highest BCUT2D eigenvalue weighted by Gasteiger charge is 2.26. The lowest BCUT2D eigenvalue weighted by molar-refractivity contribution is -0.143. The van der Waals surface area contributed by atoms with Gasteiger partial charge in [0.05, 0.1) is 18.1 Å². The van der Waals surface area contributed by atoms with Crippen molar-refractivity contribution in [3.63, 3.8) is 0 Å². The Kier molecular flexibility index (Phi) is 7.52. The van der Waals surface area contributed by atoms with Crippen LogP contribution in [-0.4, -0.2) is 24.0 Å². The van der Waals surface area contributed by atoms with Crippen LogP contribution in [0.3, 0.4) is 0 Å². The van der Waals surface area contributed by atoms with Crippen molar-refractivity contribution in [3.05, 3.63) is 29.3 Å². The third-order valence-corrected chi connectivity index (χ3v) is 6.85. The Balaban J connectivity index is 1.54. The van der Waals surface area contributed by atoms with Gasteiger partial charge in [-0.3, -0.25) is 9.59 Å². The molecular formula is C24H34O4. The molecule has 2 aliphatic carbocycles. The molecule has 1 aromatic carbocycles. The molecule has 3 rings (SSSR count). The normalized spacial score (nSPS) is 27.9. The van der Waals surface area contributed by atoms with Crippen molar-refractivity contribution in [3.8, 4) is 5.75 Å². The fourth-order valence-electron chi connectivity index (χ4n) is 5.02. The van der Waals surface area contributed by atoms with E-state index in [1.165, 1.54) is 44.1 Å². The number of rotatable bonds is 8. The van der Waals surface area contributed by atoms with Crippen molar-refractivity contribution < 1.29 is 19.4 Å². The van der Waals surface area contributed by atoms with E-state index in [4.69, 9.17) is 9.84 Å². The number of hydrogen-bond acceptors (Lipinski definition) is 3. The first kappa shape index (κ1) is 20.9.